The predicted molar refractivity (Wildman–Crippen MR) is 72.4 cm³/mol. The van der Waals surface area contributed by atoms with Crippen molar-refractivity contribution in [3.8, 4) is 0 Å². The van der Waals surface area contributed by atoms with Crippen molar-refractivity contribution in [2.24, 2.45) is 0 Å². The number of hydrogen-bond acceptors (Lipinski definition) is 2. The van der Waals surface area contributed by atoms with Gasteiger partial charge in [0.05, 0.1) is 5.03 Å². The van der Waals surface area contributed by atoms with Gasteiger partial charge in [-0.15, -0.1) is 0 Å². The molecule has 1 aliphatic heterocycles. The Morgan fingerprint density at radius 2 is 2.06 bits per heavy atom. The van der Waals surface area contributed by atoms with E-state index >= 15 is 0 Å². The minimum atomic E-state index is -1.47. The van der Waals surface area contributed by atoms with Crippen LogP contribution in [0.25, 0.3) is 0 Å². The van der Waals surface area contributed by atoms with E-state index in [1.54, 1.807) is 4.90 Å². The monoisotopic (exact) mass is 301 g/mol. The van der Waals surface area contributed by atoms with E-state index in [9.17, 15) is 4.79 Å². The highest BCUT2D eigenvalue weighted by atomic mass is 35.5. The largest absolute Gasteiger partial charge is 0.326 e. The molecule has 1 aliphatic rings. The summed E-state index contributed by atoms with van der Waals surface area (Å²) in [6.45, 7) is 9.45. The van der Waals surface area contributed by atoms with Crippen LogP contribution in [0.15, 0.2) is 11.6 Å². The highest BCUT2D eigenvalue weighted by Crippen LogP contribution is 2.47. The molecule has 1 saturated heterocycles. The Labute approximate surface area is 115 Å². The van der Waals surface area contributed by atoms with Crippen LogP contribution in [-0.4, -0.2) is 25.4 Å². The smallest absolute Gasteiger partial charge is 0.285 e. The second-order valence-electron chi connectivity index (χ2n) is 4.53. The standard InChI is InChI=1S/C10H14Cl3NOS/c1-6-5-9(3,4)14(6)8(15)16-10(12,13)7(2)11/h6H,2,5H2,1,3-4H3. The quantitative estimate of drug-likeness (QED) is 0.695. The summed E-state index contributed by atoms with van der Waals surface area (Å²) >= 11 is 18.2. The Balaban J connectivity index is 2.70. The molecule has 1 amide bonds. The maximum absolute atomic E-state index is 12.0. The van der Waals surface area contributed by atoms with E-state index in [-0.39, 0.29) is 21.9 Å². The van der Waals surface area contributed by atoms with E-state index in [0.29, 0.717) is 0 Å². The van der Waals surface area contributed by atoms with Crippen molar-refractivity contribution < 1.29 is 4.79 Å². The number of carbonyl (C=O) groups excluding carboxylic acids is 1. The molecule has 1 atom stereocenters. The molecule has 0 spiro atoms. The number of alkyl halides is 2. The highest BCUT2D eigenvalue weighted by molar-refractivity contribution is 8.17. The van der Waals surface area contributed by atoms with Crippen molar-refractivity contribution in [2.45, 2.75) is 42.4 Å². The first kappa shape index (κ1) is 14.5. The SMILES string of the molecule is C=C(Cl)C(Cl)(Cl)SC(=O)N1C(C)CC1(C)C. The zero-order valence-corrected chi connectivity index (χ0v) is 12.5. The van der Waals surface area contributed by atoms with Gasteiger partial charge < -0.3 is 4.90 Å². The molecule has 92 valence electrons. The third-order valence-corrected chi connectivity index (χ3v) is 5.00. The first-order valence-electron chi connectivity index (χ1n) is 4.83. The van der Waals surface area contributed by atoms with E-state index in [1.165, 1.54) is 0 Å². The van der Waals surface area contributed by atoms with E-state index in [2.05, 4.69) is 6.58 Å². The van der Waals surface area contributed by atoms with Gasteiger partial charge >= 0.3 is 0 Å². The van der Waals surface area contributed by atoms with Crippen molar-refractivity contribution in [3.05, 3.63) is 11.6 Å². The summed E-state index contributed by atoms with van der Waals surface area (Å²) in [5, 5.41) is -0.129. The minimum absolute atomic E-state index is 0.0418. The lowest BCUT2D eigenvalue weighted by Crippen LogP contribution is -2.63. The van der Waals surface area contributed by atoms with Crippen LogP contribution in [-0.2, 0) is 0 Å². The summed E-state index contributed by atoms with van der Waals surface area (Å²) in [6.07, 6.45) is 0.971. The zero-order chi connectivity index (χ0) is 12.7. The molecular weight excluding hydrogens is 289 g/mol. The molecule has 16 heavy (non-hydrogen) atoms. The highest BCUT2D eigenvalue weighted by Gasteiger charge is 2.47. The van der Waals surface area contributed by atoms with Crippen molar-refractivity contribution in [1.29, 1.82) is 0 Å². The molecule has 6 heteroatoms. The Morgan fingerprint density at radius 3 is 2.38 bits per heavy atom. The Kier molecular flexibility index (Phi) is 4.17. The van der Waals surface area contributed by atoms with Gasteiger partial charge in [-0.05, 0) is 39.0 Å². The summed E-state index contributed by atoms with van der Waals surface area (Å²) in [4.78, 5) is 13.8. The first-order valence-corrected chi connectivity index (χ1v) is 6.78. The van der Waals surface area contributed by atoms with Gasteiger partial charge in [-0.1, -0.05) is 41.4 Å². The average molecular weight is 303 g/mol. The molecule has 1 unspecified atom stereocenters. The Hall–Kier alpha value is 0.430. The van der Waals surface area contributed by atoms with Crippen LogP contribution in [0.2, 0.25) is 0 Å². The molecule has 1 rings (SSSR count). The number of likely N-dealkylation sites (tertiary alicyclic amines) is 1. The number of nitrogens with zero attached hydrogens (tertiary/aromatic N) is 1. The topological polar surface area (TPSA) is 20.3 Å². The molecule has 0 aromatic rings. The van der Waals surface area contributed by atoms with Crippen LogP contribution < -0.4 is 0 Å². The molecule has 0 saturated carbocycles. The van der Waals surface area contributed by atoms with Gasteiger partial charge in [0, 0.05) is 11.6 Å². The van der Waals surface area contributed by atoms with Crippen LogP contribution in [0.5, 0.6) is 0 Å². The normalized spacial score (nSPS) is 23.9. The predicted octanol–water partition coefficient (Wildman–Crippen LogP) is 4.60. The van der Waals surface area contributed by atoms with Crippen LogP contribution in [0.4, 0.5) is 4.79 Å². The fraction of sp³-hybridized carbons (Fsp3) is 0.700. The van der Waals surface area contributed by atoms with Gasteiger partial charge in [-0.3, -0.25) is 4.79 Å². The van der Waals surface area contributed by atoms with Gasteiger partial charge in [-0.2, -0.15) is 0 Å². The first-order chi connectivity index (χ1) is 7.08. The van der Waals surface area contributed by atoms with E-state index in [1.807, 2.05) is 20.8 Å². The van der Waals surface area contributed by atoms with Crippen molar-refractivity contribution in [2.75, 3.05) is 0 Å². The van der Waals surface area contributed by atoms with Gasteiger partial charge in [0.25, 0.3) is 5.24 Å². The average Bonchev–Trinajstić information content (AvgIpc) is 1.99. The molecule has 0 aromatic carbocycles. The maximum atomic E-state index is 12.0. The molecule has 0 aliphatic carbocycles. The summed E-state index contributed by atoms with van der Waals surface area (Å²) in [5.74, 6) is 0. The van der Waals surface area contributed by atoms with Crippen molar-refractivity contribution >= 4 is 51.8 Å². The summed E-state index contributed by atoms with van der Waals surface area (Å²) < 4.78 is -1.47. The van der Waals surface area contributed by atoms with Crippen molar-refractivity contribution in [3.63, 3.8) is 0 Å². The Morgan fingerprint density at radius 1 is 1.56 bits per heavy atom. The van der Waals surface area contributed by atoms with E-state index < -0.39 is 3.67 Å². The number of hydrogen-bond donors (Lipinski definition) is 0. The molecule has 1 heterocycles. The molecular formula is C10H14Cl3NOS. The van der Waals surface area contributed by atoms with Gasteiger partial charge in [0.15, 0.2) is 0 Å². The zero-order valence-electron chi connectivity index (χ0n) is 9.39. The minimum Gasteiger partial charge on any atom is -0.326 e. The van der Waals surface area contributed by atoms with E-state index in [4.69, 9.17) is 34.8 Å². The van der Waals surface area contributed by atoms with Crippen molar-refractivity contribution in [1.82, 2.24) is 4.90 Å². The van der Waals surface area contributed by atoms with Crippen LogP contribution in [0.3, 0.4) is 0 Å². The second kappa shape index (κ2) is 4.60. The summed E-state index contributed by atoms with van der Waals surface area (Å²) in [6, 6.07) is 0.211. The molecule has 2 nitrogen and oxygen atoms in total. The number of amides is 1. The third kappa shape index (κ3) is 2.81. The molecule has 0 radical (unpaired) electrons. The summed E-state index contributed by atoms with van der Waals surface area (Å²) in [7, 11) is 0. The number of carbonyl (C=O) groups is 1. The number of rotatable bonds is 2. The molecule has 0 aromatic heterocycles. The lowest BCUT2D eigenvalue weighted by molar-refractivity contribution is 0.0135. The van der Waals surface area contributed by atoms with Gasteiger partial charge in [0.1, 0.15) is 0 Å². The lowest BCUT2D eigenvalue weighted by Gasteiger charge is -2.53. The Bertz CT molecular complexity index is 330. The lowest BCUT2D eigenvalue weighted by atomic mass is 9.83. The maximum Gasteiger partial charge on any atom is 0.285 e. The summed E-state index contributed by atoms with van der Waals surface area (Å²) in [5.41, 5.74) is -0.138. The number of thioether (sulfide) groups is 1. The van der Waals surface area contributed by atoms with Crippen LogP contribution >= 0.6 is 46.6 Å². The number of halogens is 3. The van der Waals surface area contributed by atoms with Gasteiger partial charge in [0.2, 0.25) is 3.67 Å². The third-order valence-electron chi connectivity index (χ3n) is 2.62. The molecule has 0 bridgehead atoms. The fourth-order valence-electron chi connectivity index (χ4n) is 2.04. The van der Waals surface area contributed by atoms with Gasteiger partial charge in [-0.25, -0.2) is 0 Å². The van der Waals surface area contributed by atoms with E-state index in [0.717, 1.165) is 18.2 Å². The fourth-order valence-corrected chi connectivity index (χ4v) is 3.41. The second-order valence-corrected chi connectivity index (χ2v) is 7.92. The van der Waals surface area contributed by atoms with Crippen LogP contribution in [0.1, 0.15) is 27.2 Å². The molecule has 1 fully saturated rings. The van der Waals surface area contributed by atoms with Crippen LogP contribution in [0, 0.1) is 0 Å². The molecule has 0 N–H and O–H groups in total.